The molecule has 0 saturated heterocycles. The molecule has 1 aromatic carbocycles. The molecule has 1 atom stereocenters. The Balaban J connectivity index is 2.04. The Labute approximate surface area is 127 Å². The van der Waals surface area contributed by atoms with Gasteiger partial charge >= 0.3 is 0 Å². The Hall–Kier alpha value is -1.68. The molecule has 0 radical (unpaired) electrons. The van der Waals surface area contributed by atoms with Gasteiger partial charge in [0, 0.05) is 12.6 Å². The largest absolute Gasteiger partial charge is 0.304 e. The van der Waals surface area contributed by atoms with Gasteiger partial charge in [0.1, 0.15) is 0 Å². The van der Waals surface area contributed by atoms with Crippen molar-refractivity contribution in [2.45, 2.75) is 52.7 Å². The Bertz CT molecular complexity index is 552. The summed E-state index contributed by atoms with van der Waals surface area (Å²) in [5.41, 5.74) is 2.27. The Kier molecular flexibility index (Phi) is 4.78. The first-order chi connectivity index (χ1) is 9.88. The van der Waals surface area contributed by atoms with Crippen molar-refractivity contribution in [2.75, 3.05) is 0 Å². The lowest BCUT2D eigenvalue weighted by Gasteiger charge is -2.22. The highest BCUT2D eigenvalue weighted by atomic mass is 15.4. The van der Waals surface area contributed by atoms with Gasteiger partial charge in [-0.1, -0.05) is 49.4 Å². The molecule has 1 aromatic heterocycles. The van der Waals surface area contributed by atoms with Crippen LogP contribution >= 0.6 is 0 Å². The van der Waals surface area contributed by atoms with Crippen molar-refractivity contribution >= 4 is 0 Å². The van der Waals surface area contributed by atoms with Crippen LogP contribution in [0.15, 0.2) is 36.5 Å². The Morgan fingerprint density at radius 2 is 1.81 bits per heavy atom. The molecule has 0 aliphatic heterocycles. The maximum atomic E-state index is 4.26. The van der Waals surface area contributed by atoms with E-state index >= 15 is 0 Å². The van der Waals surface area contributed by atoms with Crippen molar-refractivity contribution < 1.29 is 0 Å². The molecule has 4 heteroatoms. The van der Waals surface area contributed by atoms with E-state index in [0.29, 0.717) is 12.0 Å². The summed E-state index contributed by atoms with van der Waals surface area (Å²) < 4.78 is 1.91. The number of aromatic nitrogens is 3. The quantitative estimate of drug-likeness (QED) is 0.914. The Morgan fingerprint density at radius 3 is 2.33 bits per heavy atom. The second kappa shape index (κ2) is 6.39. The van der Waals surface area contributed by atoms with E-state index in [1.54, 1.807) is 0 Å². The van der Waals surface area contributed by atoms with E-state index < -0.39 is 0 Å². The number of nitrogens with zero attached hydrogens (tertiary/aromatic N) is 3. The van der Waals surface area contributed by atoms with Gasteiger partial charge in [-0.25, -0.2) is 4.68 Å². The first-order valence-corrected chi connectivity index (χ1v) is 7.58. The number of hydrogen-bond acceptors (Lipinski definition) is 3. The maximum absolute atomic E-state index is 4.26. The molecular weight excluding hydrogens is 260 g/mol. The average Bonchev–Trinajstić information content (AvgIpc) is 2.88. The van der Waals surface area contributed by atoms with Crippen LogP contribution in [0.3, 0.4) is 0 Å². The third-order valence-electron chi connectivity index (χ3n) is 3.56. The van der Waals surface area contributed by atoms with Crippen LogP contribution < -0.4 is 5.32 Å². The molecule has 1 unspecified atom stereocenters. The zero-order chi connectivity index (χ0) is 15.5. The highest BCUT2D eigenvalue weighted by Gasteiger charge is 2.17. The van der Waals surface area contributed by atoms with E-state index in [1.165, 1.54) is 5.56 Å². The minimum absolute atomic E-state index is 0.0257. The third-order valence-corrected chi connectivity index (χ3v) is 3.56. The average molecular weight is 286 g/mol. The molecule has 4 nitrogen and oxygen atoms in total. The second-order valence-corrected chi connectivity index (χ2v) is 6.84. The van der Waals surface area contributed by atoms with Crippen LogP contribution in [0.4, 0.5) is 0 Å². The molecule has 114 valence electrons. The molecule has 1 N–H and O–H groups in total. The summed E-state index contributed by atoms with van der Waals surface area (Å²) in [6.07, 6.45) is 2.02. The van der Waals surface area contributed by atoms with Crippen molar-refractivity contribution in [1.82, 2.24) is 20.3 Å². The summed E-state index contributed by atoms with van der Waals surface area (Å²) in [5, 5.41) is 12.1. The van der Waals surface area contributed by atoms with E-state index in [4.69, 9.17) is 0 Å². The van der Waals surface area contributed by atoms with Gasteiger partial charge in [0.25, 0.3) is 0 Å². The van der Waals surface area contributed by atoms with Crippen LogP contribution in [0, 0.1) is 5.92 Å². The van der Waals surface area contributed by atoms with Crippen LogP contribution in [0.1, 0.15) is 51.9 Å². The number of benzene rings is 1. The summed E-state index contributed by atoms with van der Waals surface area (Å²) >= 11 is 0. The van der Waals surface area contributed by atoms with Gasteiger partial charge in [-0.05, 0) is 32.3 Å². The smallest absolute Gasteiger partial charge is 0.0965 e. The molecule has 0 fully saturated rings. The number of nitrogens with one attached hydrogen (secondary N) is 1. The SMILES string of the molecule is CC(C)C(NCc1cn(C(C)(C)C)nn1)c1ccccc1. The lowest BCUT2D eigenvalue weighted by atomic mass is 9.96. The third kappa shape index (κ3) is 4.14. The van der Waals surface area contributed by atoms with Crippen LogP contribution in [0.5, 0.6) is 0 Å². The van der Waals surface area contributed by atoms with Crippen LogP contribution in [0.25, 0.3) is 0 Å². The summed E-state index contributed by atoms with van der Waals surface area (Å²) in [6.45, 7) is 11.6. The molecule has 0 spiro atoms. The van der Waals surface area contributed by atoms with Crippen LogP contribution in [-0.4, -0.2) is 15.0 Å². The van der Waals surface area contributed by atoms with E-state index in [1.807, 2.05) is 10.9 Å². The van der Waals surface area contributed by atoms with Gasteiger partial charge in [0.2, 0.25) is 0 Å². The van der Waals surface area contributed by atoms with Gasteiger partial charge in [-0.15, -0.1) is 5.10 Å². The van der Waals surface area contributed by atoms with Crippen molar-refractivity contribution in [3.05, 3.63) is 47.8 Å². The minimum atomic E-state index is -0.0257. The van der Waals surface area contributed by atoms with Crippen molar-refractivity contribution in [3.8, 4) is 0 Å². The van der Waals surface area contributed by atoms with Gasteiger partial charge in [-0.2, -0.15) is 0 Å². The monoisotopic (exact) mass is 286 g/mol. The molecule has 1 heterocycles. The summed E-state index contributed by atoms with van der Waals surface area (Å²) in [5.74, 6) is 0.519. The van der Waals surface area contributed by atoms with Gasteiger partial charge in [0.05, 0.1) is 17.4 Å². The fraction of sp³-hybridized carbons (Fsp3) is 0.529. The van der Waals surface area contributed by atoms with Gasteiger partial charge in [0.15, 0.2) is 0 Å². The van der Waals surface area contributed by atoms with E-state index in [9.17, 15) is 0 Å². The topological polar surface area (TPSA) is 42.7 Å². The maximum Gasteiger partial charge on any atom is 0.0965 e. The van der Waals surface area contributed by atoms with E-state index in [-0.39, 0.29) is 5.54 Å². The summed E-state index contributed by atoms with van der Waals surface area (Å²) in [4.78, 5) is 0. The van der Waals surface area contributed by atoms with Crippen LogP contribution in [-0.2, 0) is 12.1 Å². The highest BCUT2D eigenvalue weighted by Crippen LogP contribution is 2.21. The number of rotatable bonds is 5. The van der Waals surface area contributed by atoms with Crippen molar-refractivity contribution in [2.24, 2.45) is 5.92 Å². The fourth-order valence-corrected chi connectivity index (χ4v) is 2.32. The summed E-state index contributed by atoms with van der Waals surface area (Å²) in [6, 6.07) is 10.9. The lowest BCUT2D eigenvalue weighted by molar-refractivity contribution is 0.346. The molecule has 0 bridgehead atoms. The summed E-state index contributed by atoms with van der Waals surface area (Å²) in [7, 11) is 0. The van der Waals surface area contributed by atoms with Crippen LogP contribution in [0.2, 0.25) is 0 Å². The molecule has 0 aliphatic carbocycles. The minimum Gasteiger partial charge on any atom is -0.304 e. The normalized spacial score (nSPS) is 13.6. The van der Waals surface area contributed by atoms with Crippen molar-refractivity contribution in [1.29, 1.82) is 0 Å². The first kappa shape index (κ1) is 15.7. The molecule has 2 aromatic rings. The van der Waals surface area contributed by atoms with E-state index in [0.717, 1.165) is 12.2 Å². The predicted molar refractivity (Wildman–Crippen MR) is 85.9 cm³/mol. The predicted octanol–water partition coefficient (Wildman–Crippen LogP) is 3.52. The lowest BCUT2D eigenvalue weighted by Crippen LogP contribution is -2.25. The standard InChI is InChI=1S/C17H26N4/c1-13(2)16(14-9-7-6-8-10-14)18-11-15-12-21(20-19-15)17(3,4)5/h6-10,12-13,16,18H,11H2,1-5H3. The highest BCUT2D eigenvalue weighted by molar-refractivity contribution is 5.19. The van der Waals surface area contributed by atoms with Gasteiger partial charge in [-0.3, -0.25) is 0 Å². The Morgan fingerprint density at radius 1 is 1.14 bits per heavy atom. The molecule has 0 aliphatic rings. The molecule has 2 rings (SSSR count). The first-order valence-electron chi connectivity index (χ1n) is 7.58. The molecule has 0 amide bonds. The molecule has 21 heavy (non-hydrogen) atoms. The van der Waals surface area contributed by atoms with Crippen molar-refractivity contribution in [3.63, 3.8) is 0 Å². The second-order valence-electron chi connectivity index (χ2n) is 6.84. The zero-order valence-corrected chi connectivity index (χ0v) is 13.7. The number of hydrogen-bond donors (Lipinski definition) is 1. The van der Waals surface area contributed by atoms with E-state index in [2.05, 4.69) is 80.6 Å². The molecule has 0 saturated carbocycles. The van der Waals surface area contributed by atoms with Gasteiger partial charge < -0.3 is 5.32 Å². The fourth-order valence-electron chi connectivity index (χ4n) is 2.32. The zero-order valence-electron chi connectivity index (χ0n) is 13.7. The molecular formula is C17H26N4.